The maximum Gasteiger partial charge on any atom is 0.362 e. The third-order valence-corrected chi connectivity index (χ3v) is 2.83. The highest BCUT2D eigenvalue weighted by Gasteiger charge is 2.20. The van der Waals surface area contributed by atoms with Gasteiger partial charge in [-0.3, -0.25) is 0 Å². The Balaban J connectivity index is 2.52. The SMILES string of the molecule is CCCCCCC(C([O])=O)c1ccccc1. The van der Waals surface area contributed by atoms with Gasteiger partial charge in [0.2, 0.25) is 0 Å². The number of carbonyl (C=O) groups is 1. The van der Waals surface area contributed by atoms with Crippen LogP contribution in [0.3, 0.4) is 0 Å². The fourth-order valence-corrected chi connectivity index (χ4v) is 1.88. The third kappa shape index (κ3) is 4.05. The first-order valence-corrected chi connectivity index (χ1v) is 6.01. The van der Waals surface area contributed by atoms with Gasteiger partial charge in [-0.1, -0.05) is 62.9 Å². The van der Waals surface area contributed by atoms with Gasteiger partial charge in [0.1, 0.15) is 0 Å². The highest BCUT2D eigenvalue weighted by molar-refractivity contribution is 5.75. The molecule has 0 aromatic heterocycles. The van der Waals surface area contributed by atoms with Gasteiger partial charge in [-0.25, -0.2) is 9.90 Å². The van der Waals surface area contributed by atoms with Crippen molar-refractivity contribution in [3.8, 4) is 0 Å². The molecule has 1 aromatic carbocycles. The molecule has 2 nitrogen and oxygen atoms in total. The van der Waals surface area contributed by atoms with Gasteiger partial charge < -0.3 is 0 Å². The van der Waals surface area contributed by atoms with Crippen LogP contribution >= 0.6 is 0 Å². The highest BCUT2D eigenvalue weighted by atomic mass is 16.4. The van der Waals surface area contributed by atoms with Crippen molar-refractivity contribution in [2.45, 2.75) is 44.9 Å². The van der Waals surface area contributed by atoms with E-state index in [1.165, 1.54) is 12.8 Å². The van der Waals surface area contributed by atoms with Crippen LogP contribution in [-0.4, -0.2) is 5.97 Å². The maximum atomic E-state index is 11.1. The van der Waals surface area contributed by atoms with E-state index in [4.69, 9.17) is 0 Å². The second kappa shape index (κ2) is 7.04. The summed E-state index contributed by atoms with van der Waals surface area (Å²) in [6.45, 7) is 2.15. The average Bonchev–Trinajstić information content (AvgIpc) is 2.30. The van der Waals surface area contributed by atoms with Crippen LogP contribution in [0.5, 0.6) is 0 Å². The van der Waals surface area contributed by atoms with E-state index < -0.39 is 11.9 Å². The fourth-order valence-electron chi connectivity index (χ4n) is 1.88. The molecule has 0 heterocycles. The van der Waals surface area contributed by atoms with Crippen LogP contribution in [0, 0.1) is 0 Å². The zero-order valence-corrected chi connectivity index (χ0v) is 9.82. The van der Waals surface area contributed by atoms with Crippen molar-refractivity contribution in [1.82, 2.24) is 0 Å². The van der Waals surface area contributed by atoms with Gasteiger partial charge >= 0.3 is 5.97 Å². The average molecular weight is 219 g/mol. The molecule has 0 spiro atoms. The Kier molecular flexibility index (Phi) is 5.62. The minimum Gasteiger partial charge on any atom is -0.247 e. The Morgan fingerprint density at radius 1 is 1.12 bits per heavy atom. The quantitative estimate of drug-likeness (QED) is 0.644. The molecule has 0 bridgehead atoms. The van der Waals surface area contributed by atoms with Crippen LogP contribution in [0.4, 0.5) is 0 Å². The van der Waals surface area contributed by atoms with E-state index in [1.54, 1.807) is 0 Å². The number of hydrogen-bond acceptors (Lipinski definition) is 1. The minimum atomic E-state index is -0.956. The monoisotopic (exact) mass is 219 g/mol. The molecular weight excluding hydrogens is 200 g/mol. The summed E-state index contributed by atoms with van der Waals surface area (Å²) in [7, 11) is 0. The summed E-state index contributed by atoms with van der Waals surface area (Å²) in [5, 5.41) is 11.1. The zero-order chi connectivity index (χ0) is 11.8. The molecule has 0 saturated heterocycles. The van der Waals surface area contributed by atoms with Gasteiger partial charge in [-0.15, -0.1) is 0 Å². The lowest BCUT2D eigenvalue weighted by Crippen LogP contribution is -2.10. The number of hydrogen-bond donors (Lipinski definition) is 0. The molecule has 1 rings (SSSR count). The summed E-state index contributed by atoms with van der Waals surface area (Å²) < 4.78 is 0. The maximum absolute atomic E-state index is 11.1. The Morgan fingerprint density at radius 2 is 1.81 bits per heavy atom. The van der Waals surface area contributed by atoms with Crippen molar-refractivity contribution in [3.63, 3.8) is 0 Å². The third-order valence-electron chi connectivity index (χ3n) is 2.83. The Morgan fingerprint density at radius 3 is 2.38 bits per heavy atom. The van der Waals surface area contributed by atoms with Gasteiger partial charge in [0.15, 0.2) is 0 Å². The highest BCUT2D eigenvalue weighted by Crippen LogP contribution is 2.22. The Labute approximate surface area is 97.3 Å². The van der Waals surface area contributed by atoms with Crippen LogP contribution in [0.25, 0.3) is 0 Å². The first-order valence-electron chi connectivity index (χ1n) is 6.01. The molecular formula is C14H19O2. The van der Waals surface area contributed by atoms with E-state index in [9.17, 15) is 9.90 Å². The van der Waals surface area contributed by atoms with Crippen LogP contribution in [0.2, 0.25) is 0 Å². The molecule has 0 aliphatic heterocycles. The number of rotatable bonds is 7. The smallest absolute Gasteiger partial charge is 0.247 e. The van der Waals surface area contributed by atoms with Crippen molar-refractivity contribution >= 4 is 5.97 Å². The van der Waals surface area contributed by atoms with Crippen LogP contribution in [0.15, 0.2) is 30.3 Å². The number of carbonyl (C=O) groups excluding carboxylic acids is 1. The Bertz CT molecular complexity index is 306. The van der Waals surface area contributed by atoms with Crippen molar-refractivity contribution < 1.29 is 9.90 Å². The molecule has 0 aliphatic rings. The van der Waals surface area contributed by atoms with Crippen LogP contribution in [-0.2, 0) is 9.90 Å². The molecule has 0 amide bonds. The largest absolute Gasteiger partial charge is 0.362 e. The lowest BCUT2D eigenvalue weighted by atomic mass is 9.93. The molecule has 1 radical (unpaired) electrons. The first-order chi connectivity index (χ1) is 7.75. The normalized spacial score (nSPS) is 12.3. The second-order valence-corrected chi connectivity index (χ2v) is 4.13. The Hall–Kier alpha value is -1.31. The van der Waals surface area contributed by atoms with Gasteiger partial charge in [-0.05, 0) is 12.0 Å². The van der Waals surface area contributed by atoms with Gasteiger partial charge in [-0.2, -0.15) is 0 Å². The predicted octanol–water partition coefficient (Wildman–Crippen LogP) is 3.70. The summed E-state index contributed by atoms with van der Waals surface area (Å²) in [5.74, 6) is -1.40. The molecule has 1 atom stereocenters. The lowest BCUT2D eigenvalue weighted by Gasteiger charge is -2.10. The number of unbranched alkanes of at least 4 members (excludes halogenated alkanes) is 3. The standard InChI is InChI=1S/C14H19O2/c1-2-3-4-8-11-13(14(15)16)12-9-6-5-7-10-12/h5-7,9-10,13H,2-4,8,11H2,1H3. The summed E-state index contributed by atoms with van der Waals surface area (Å²) in [6, 6.07) is 9.36. The van der Waals surface area contributed by atoms with Crippen LogP contribution < -0.4 is 0 Å². The number of benzene rings is 1. The van der Waals surface area contributed by atoms with Crippen molar-refractivity contribution in [3.05, 3.63) is 35.9 Å². The van der Waals surface area contributed by atoms with Gasteiger partial charge in [0, 0.05) is 0 Å². The molecule has 1 aromatic rings. The molecule has 0 aliphatic carbocycles. The van der Waals surface area contributed by atoms with E-state index in [0.717, 1.165) is 18.4 Å². The van der Waals surface area contributed by atoms with Crippen molar-refractivity contribution in [2.75, 3.05) is 0 Å². The van der Waals surface area contributed by atoms with E-state index >= 15 is 0 Å². The second-order valence-electron chi connectivity index (χ2n) is 4.13. The zero-order valence-electron chi connectivity index (χ0n) is 9.82. The van der Waals surface area contributed by atoms with E-state index in [2.05, 4.69) is 6.92 Å². The first kappa shape index (κ1) is 12.8. The lowest BCUT2D eigenvalue weighted by molar-refractivity contribution is -0.145. The molecule has 2 heteroatoms. The fraction of sp³-hybridized carbons (Fsp3) is 0.500. The van der Waals surface area contributed by atoms with Crippen molar-refractivity contribution in [2.24, 2.45) is 0 Å². The topological polar surface area (TPSA) is 37.0 Å². The minimum absolute atomic E-state index is 0.446. The molecule has 0 N–H and O–H groups in total. The van der Waals surface area contributed by atoms with E-state index in [-0.39, 0.29) is 0 Å². The van der Waals surface area contributed by atoms with Crippen LogP contribution in [0.1, 0.15) is 50.5 Å². The molecule has 87 valence electrons. The van der Waals surface area contributed by atoms with Crippen molar-refractivity contribution in [1.29, 1.82) is 0 Å². The predicted molar refractivity (Wildman–Crippen MR) is 63.6 cm³/mol. The summed E-state index contributed by atoms with van der Waals surface area (Å²) in [4.78, 5) is 11.1. The summed E-state index contributed by atoms with van der Waals surface area (Å²) in [5.41, 5.74) is 0.860. The molecule has 1 unspecified atom stereocenters. The molecule has 0 fully saturated rings. The molecule has 16 heavy (non-hydrogen) atoms. The molecule has 0 saturated carbocycles. The van der Waals surface area contributed by atoms with Gasteiger partial charge in [0.05, 0.1) is 5.92 Å². The van der Waals surface area contributed by atoms with E-state index in [1.807, 2.05) is 30.3 Å². The summed E-state index contributed by atoms with van der Waals surface area (Å²) >= 11 is 0. The van der Waals surface area contributed by atoms with Gasteiger partial charge in [0.25, 0.3) is 0 Å². The van der Waals surface area contributed by atoms with E-state index in [0.29, 0.717) is 6.42 Å². The summed E-state index contributed by atoms with van der Waals surface area (Å²) in [6.07, 6.45) is 5.09.